The number of rotatable bonds is 3. The summed E-state index contributed by atoms with van der Waals surface area (Å²) >= 11 is 0. The van der Waals surface area contributed by atoms with Gasteiger partial charge in [-0.05, 0) is 17.7 Å². The summed E-state index contributed by atoms with van der Waals surface area (Å²) in [5.74, 6) is -0.887. The van der Waals surface area contributed by atoms with Gasteiger partial charge in [-0.25, -0.2) is 9.40 Å². The van der Waals surface area contributed by atoms with Crippen LogP contribution < -0.4 is 5.43 Å². The lowest BCUT2D eigenvalue weighted by molar-refractivity contribution is -0.138. The van der Waals surface area contributed by atoms with Crippen molar-refractivity contribution in [1.82, 2.24) is 10.4 Å². The van der Waals surface area contributed by atoms with Crippen LogP contribution in [0.3, 0.4) is 0 Å². The van der Waals surface area contributed by atoms with Crippen molar-refractivity contribution in [3.63, 3.8) is 0 Å². The van der Waals surface area contributed by atoms with Crippen LogP contribution in [0.5, 0.6) is 0 Å². The van der Waals surface area contributed by atoms with Crippen molar-refractivity contribution in [2.75, 3.05) is 26.3 Å². The molecule has 7 heteroatoms. The second-order valence-electron chi connectivity index (χ2n) is 4.23. The van der Waals surface area contributed by atoms with Crippen LogP contribution in [0.4, 0.5) is 17.6 Å². The van der Waals surface area contributed by atoms with E-state index in [1.54, 1.807) is 5.01 Å². The van der Waals surface area contributed by atoms with E-state index in [0.29, 0.717) is 32.4 Å². The molecule has 3 nitrogen and oxygen atoms in total. The lowest BCUT2D eigenvalue weighted by Gasteiger charge is -2.27. The number of ether oxygens (including phenoxy) is 1. The molecule has 0 saturated carbocycles. The minimum atomic E-state index is -4.55. The van der Waals surface area contributed by atoms with Crippen molar-refractivity contribution in [3.05, 3.63) is 35.1 Å². The molecular weight excluding hydrogens is 264 g/mol. The minimum absolute atomic E-state index is 0.00905. The maximum atomic E-state index is 12.9. The largest absolute Gasteiger partial charge is 0.416 e. The summed E-state index contributed by atoms with van der Waals surface area (Å²) in [7, 11) is 0. The van der Waals surface area contributed by atoms with E-state index in [1.807, 2.05) is 0 Å². The van der Waals surface area contributed by atoms with Crippen LogP contribution >= 0.6 is 0 Å². The van der Waals surface area contributed by atoms with Crippen molar-refractivity contribution < 1.29 is 22.3 Å². The molecule has 0 spiro atoms. The first-order chi connectivity index (χ1) is 8.97. The molecule has 1 heterocycles. The number of hydrogen-bond acceptors (Lipinski definition) is 3. The fraction of sp³-hybridized carbons (Fsp3) is 0.500. The van der Waals surface area contributed by atoms with E-state index in [9.17, 15) is 17.6 Å². The van der Waals surface area contributed by atoms with Crippen molar-refractivity contribution in [2.24, 2.45) is 0 Å². The summed E-state index contributed by atoms with van der Waals surface area (Å²) in [5.41, 5.74) is 1.99. The fourth-order valence-corrected chi connectivity index (χ4v) is 1.89. The third-order valence-corrected chi connectivity index (χ3v) is 2.88. The minimum Gasteiger partial charge on any atom is -0.379 e. The van der Waals surface area contributed by atoms with E-state index < -0.39 is 17.6 Å². The Hall–Kier alpha value is -1.18. The highest BCUT2D eigenvalue weighted by Gasteiger charge is 2.33. The fourth-order valence-electron chi connectivity index (χ4n) is 1.89. The standard InChI is InChI=1S/C12H14F4N2O/c13-10-2-1-9(11(7-10)12(14,15)16)8-17-18-3-5-19-6-4-18/h1-2,7,17H,3-6,8H2. The van der Waals surface area contributed by atoms with Gasteiger partial charge >= 0.3 is 6.18 Å². The zero-order valence-corrected chi connectivity index (χ0v) is 10.1. The predicted molar refractivity (Wildman–Crippen MR) is 60.6 cm³/mol. The van der Waals surface area contributed by atoms with E-state index in [1.165, 1.54) is 0 Å². The molecule has 2 rings (SSSR count). The average Bonchev–Trinajstić information content (AvgIpc) is 2.37. The SMILES string of the molecule is Fc1ccc(CNN2CCOCC2)c(C(F)(F)F)c1. The molecule has 1 aliphatic heterocycles. The van der Waals surface area contributed by atoms with Crippen LogP contribution in [0.2, 0.25) is 0 Å². The van der Waals surface area contributed by atoms with Gasteiger partial charge in [0.25, 0.3) is 0 Å². The van der Waals surface area contributed by atoms with Gasteiger partial charge in [0.2, 0.25) is 0 Å². The number of halogens is 4. The van der Waals surface area contributed by atoms with Crippen LogP contribution in [0, 0.1) is 5.82 Å². The van der Waals surface area contributed by atoms with Gasteiger partial charge in [-0.2, -0.15) is 13.2 Å². The zero-order chi connectivity index (χ0) is 13.9. The van der Waals surface area contributed by atoms with Crippen LogP contribution in [-0.2, 0) is 17.5 Å². The topological polar surface area (TPSA) is 24.5 Å². The van der Waals surface area contributed by atoms with Gasteiger partial charge in [0.05, 0.1) is 18.8 Å². The molecule has 1 aromatic carbocycles. The van der Waals surface area contributed by atoms with Gasteiger partial charge in [-0.15, -0.1) is 0 Å². The van der Waals surface area contributed by atoms with E-state index >= 15 is 0 Å². The Labute approximate surface area is 108 Å². The molecule has 0 unspecified atom stereocenters. The van der Waals surface area contributed by atoms with Crippen molar-refractivity contribution in [2.45, 2.75) is 12.7 Å². The molecule has 106 valence electrons. The monoisotopic (exact) mass is 278 g/mol. The predicted octanol–water partition coefficient (Wildman–Crippen LogP) is 2.18. The number of hydrazine groups is 1. The summed E-state index contributed by atoms with van der Waals surface area (Å²) in [6, 6.07) is 2.72. The molecule has 0 amide bonds. The highest BCUT2D eigenvalue weighted by atomic mass is 19.4. The first-order valence-electron chi connectivity index (χ1n) is 5.88. The summed E-state index contributed by atoms with van der Waals surface area (Å²) < 4.78 is 56.4. The first kappa shape index (κ1) is 14.2. The van der Waals surface area contributed by atoms with Gasteiger partial charge in [0, 0.05) is 19.6 Å². The number of benzene rings is 1. The maximum Gasteiger partial charge on any atom is 0.416 e. The number of morpholine rings is 1. The summed E-state index contributed by atoms with van der Waals surface area (Å²) in [5, 5.41) is 1.80. The van der Waals surface area contributed by atoms with Crippen LogP contribution in [-0.4, -0.2) is 31.3 Å². The number of alkyl halides is 3. The van der Waals surface area contributed by atoms with Crippen molar-refractivity contribution in [3.8, 4) is 0 Å². The van der Waals surface area contributed by atoms with Crippen LogP contribution in [0.1, 0.15) is 11.1 Å². The normalized spacial score (nSPS) is 17.7. The van der Waals surface area contributed by atoms with Crippen molar-refractivity contribution >= 4 is 0 Å². The molecule has 0 atom stereocenters. The molecular formula is C12H14F4N2O. The Bertz CT molecular complexity index is 430. The molecule has 1 N–H and O–H groups in total. The quantitative estimate of drug-likeness (QED) is 0.858. The molecule has 1 fully saturated rings. The Balaban J connectivity index is 2.06. The van der Waals surface area contributed by atoms with E-state index in [4.69, 9.17) is 4.74 Å². The highest BCUT2D eigenvalue weighted by molar-refractivity contribution is 5.30. The Morgan fingerprint density at radius 1 is 1.21 bits per heavy atom. The number of nitrogens with one attached hydrogen (secondary N) is 1. The third kappa shape index (κ3) is 3.89. The lowest BCUT2D eigenvalue weighted by atomic mass is 10.1. The van der Waals surface area contributed by atoms with E-state index in [2.05, 4.69) is 5.43 Å². The summed E-state index contributed by atoms with van der Waals surface area (Å²) in [6.07, 6.45) is -4.55. The highest BCUT2D eigenvalue weighted by Crippen LogP contribution is 2.32. The van der Waals surface area contributed by atoms with E-state index in [0.717, 1.165) is 12.1 Å². The molecule has 1 aliphatic rings. The molecule has 0 bridgehead atoms. The zero-order valence-electron chi connectivity index (χ0n) is 10.1. The number of hydrogen-bond donors (Lipinski definition) is 1. The Kier molecular flexibility index (Phi) is 4.38. The van der Waals surface area contributed by atoms with Crippen LogP contribution in [0.15, 0.2) is 18.2 Å². The smallest absolute Gasteiger partial charge is 0.379 e. The maximum absolute atomic E-state index is 12.9. The average molecular weight is 278 g/mol. The summed E-state index contributed by atoms with van der Waals surface area (Å²) in [6.45, 7) is 2.32. The van der Waals surface area contributed by atoms with Gasteiger partial charge < -0.3 is 4.74 Å². The van der Waals surface area contributed by atoms with Gasteiger partial charge in [0.1, 0.15) is 5.82 Å². The molecule has 19 heavy (non-hydrogen) atoms. The first-order valence-corrected chi connectivity index (χ1v) is 5.88. The van der Waals surface area contributed by atoms with Gasteiger partial charge in [-0.3, -0.25) is 5.43 Å². The molecule has 1 saturated heterocycles. The lowest BCUT2D eigenvalue weighted by Crippen LogP contribution is -2.45. The molecule has 0 aliphatic carbocycles. The number of nitrogens with zero attached hydrogens (tertiary/aromatic N) is 1. The Morgan fingerprint density at radius 2 is 1.89 bits per heavy atom. The summed E-state index contributed by atoms with van der Waals surface area (Å²) in [4.78, 5) is 0. The van der Waals surface area contributed by atoms with Crippen molar-refractivity contribution in [1.29, 1.82) is 0 Å². The third-order valence-electron chi connectivity index (χ3n) is 2.88. The molecule has 0 aromatic heterocycles. The van der Waals surface area contributed by atoms with E-state index in [-0.39, 0.29) is 12.1 Å². The Morgan fingerprint density at radius 3 is 2.53 bits per heavy atom. The second-order valence-corrected chi connectivity index (χ2v) is 4.23. The van der Waals surface area contributed by atoms with Crippen LogP contribution in [0.25, 0.3) is 0 Å². The molecule has 1 aromatic rings. The van der Waals surface area contributed by atoms with Gasteiger partial charge in [0.15, 0.2) is 0 Å². The second kappa shape index (κ2) is 5.85. The molecule has 0 radical (unpaired) electrons. The van der Waals surface area contributed by atoms with Gasteiger partial charge in [-0.1, -0.05) is 6.07 Å².